The second-order valence-corrected chi connectivity index (χ2v) is 9.81. The van der Waals surface area contributed by atoms with Gasteiger partial charge >= 0.3 is 0 Å². The normalized spacial score (nSPS) is 11.5. The summed E-state index contributed by atoms with van der Waals surface area (Å²) in [6, 6.07) is 14.6. The van der Waals surface area contributed by atoms with Crippen LogP contribution in [0.25, 0.3) is 0 Å². The van der Waals surface area contributed by atoms with Crippen molar-refractivity contribution in [1.29, 1.82) is 0 Å². The number of hydrazone groups is 1. The van der Waals surface area contributed by atoms with Gasteiger partial charge in [0.2, 0.25) is 0 Å². The van der Waals surface area contributed by atoms with Gasteiger partial charge in [0.15, 0.2) is 0 Å². The first-order valence-electron chi connectivity index (χ1n) is 10.1. The maximum absolute atomic E-state index is 13.4. The molecule has 2 aromatic carbocycles. The highest BCUT2D eigenvalue weighted by Gasteiger charge is 2.27. The molecule has 8 nitrogen and oxygen atoms in total. The van der Waals surface area contributed by atoms with Gasteiger partial charge in [-0.2, -0.15) is 5.10 Å². The molecule has 0 bridgehead atoms. The zero-order chi connectivity index (χ0) is 24.0. The minimum Gasteiger partial charge on any atom is -0.494 e. The number of amides is 1. The van der Waals surface area contributed by atoms with Crippen LogP contribution < -0.4 is 14.5 Å². The molecule has 0 aliphatic heterocycles. The lowest BCUT2D eigenvalue weighted by molar-refractivity contribution is -0.119. The summed E-state index contributed by atoms with van der Waals surface area (Å²) in [7, 11) is -4.03. The van der Waals surface area contributed by atoms with Crippen LogP contribution in [0, 0.1) is 13.8 Å². The maximum Gasteiger partial charge on any atom is 0.264 e. The van der Waals surface area contributed by atoms with Crippen LogP contribution in [0.3, 0.4) is 0 Å². The zero-order valence-electron chi connectivity index (χ0n) is 18.4. The number of furan rings is 1. The number of rotatable bonds is 9. The van der Waals surface area contributed by atoms with Crippen molar-refractivity contribution in [2.75, 3.05) is 17.5 Å². The van der Waals surface area contributed by atoms with Crippen molar-refractivity contribution in [3.63, 3.8) is 0 Å². The highest BCUT2D eigenvalue weighted by molar-refractivity contribution is 9.10. The Morgan fingerprint density at radius 2 is 1.82 bits per heavy atom. The molecule has 33 heavy (non-hydrogen) atoms. The second-order valence-electron chi connectivity index (χ2n) is 7.10. The van der Waals surface area contributed by atoms with Crippen LogP contribution in [0.5, 0.6) is 5.75 Å². The van der Waals surface area contributed by atoms with Gasteiger partial charge in [0.25, 0.3) is 15.9 Å². The Labute approximate surface area is 201 Å². The van der Waals surface area contributed by atoms with Gasteiger partial charge in [-0.25, -0.2) is 13.8 Å². The number of benzene rings is 2. The number of halogens is 1. The third-order valence-corrected chi connectivity index (χ3v) is 7.16. The van der Waals surface area contributed by atoms with E-state index in [1.165, 1.54) is 18.3 Å². The number of hydrogen-bond donors (Lipinski definition) is 1. The van der Waals surface area contributed by atoms with Crippen molar-refractivity contribution in [3.8, 4) is 5.75 Å². The number of hydrogen-bond acceptors (Lipinski definition) is 6. The molecule has 0 spiro atoms. The van der Waals surface area contributed by atoms with E-state index in [1.54, 1.807) is 49.4 Å². The minimum atomic E-state index is -4.03. The van der Waals surface area contributed by atoms with Crippen molar-refractivity contribution in [1.82, 2.24) is 5.43 Å². The third kappa shape index (κ3) is 6.23. The summed E-state index contributed by atoms with van der Waals surface area (Å²) in [5.41, 5.74) is 3.67. The summed E-state index contributed by atoms with van der Waals surface area (Å²) in [5.74, 6) is 1.07. The van der Waals surface area contributed by atoms with Gasteiger partial charge in [-0.05, 0) is 73.1 Å². The fourth-order valence-electron chi connectivity index (χ4n) is 2.91. The third-order valence-electron chi connectivity index (χ3n) is 4.59. The molecule has 0 unspecified atom stereocenters. The van der Waals surface area contributed by atoms with E-state index in [1.807, 2.05) is 13.8 Å². The van der Waals surface area contributed by atoms with E-state index in [0.29, 0.717) is 29.6 Å². The fraction of sp³-hybridized carbons (Fsp3) is 0.217. The largest absolute Gasteiger partial charge is 0.494 e. The molecule has 0 aliphatic carbocycles. The molecule has 0 fully saturated rings. The average molecular weight is 534 g/mol. The number of ether oxygens (including phenoxy) is 1. The van der Waals surface area contributed by atoms with E-state index in [-0.39, 0.29) is 4.90 Å². The quantitative estimate of drug-likeness (QED) is 0.324. The van der Waals surface area contributed by atoms with E-state index in [4.69, 9.17) is 9.15 Å². The van der Waals surface area contributed by atoms with Crippen LogP contribution in [0.2, 0.25) is 0 Å². The molecule has 0 saturated carbocycles. The molecule has 174 valence electrons. The summed E-state index contributed by atoms with van der Waals surface area (Å²) < 4.78 is 39.5. The smallest absolute Gasteiger partial charge is 0.264 e. The molecular formula is C23H24BrN3O5S. The first-order chi connectivity index (χ1) is 15.7. The predicted octanol–water partition coefficient (Wildman–Crippen LogP) is 4.40. The van der Waals surface area contributed by atoms with Crippen molar-refractivity contribution in [2.24, 2.45) is 5.10 Å². The van der Waals surface area contributed by atoms with Crippen LogP contribution in [0.4, 0.5) is 5.69 Å². The van der Waals surface area contributed by atoms with Crippen LogP contribution >= 0.6 is 15.9 Å². The number of nitrogens with one attached hydrogen (secondary N) is 1. The summed E-state index contributed by atoms with van der Waals surface area (Å²) in [6.07, 6.45) is 1.34. The number of aryl methyl sites for hydroxylation is 2. The number of sulfonamides is 1. The van der Waals surface area contributed by atoms with E-state index >= 15 is 0 Å². The molecular weight excluding hydrogens is 510 g/mol. The Morgan fingerprint density at radius 3 is 2.39 bits per heavy atom. The number of nitrogens with zero attached hydrogens (tertiary/aromatic N) is 2. The predicted molar refractivity (Wildman–Crippen MR) is 130 cm³/mol. The van der Waals surface area contributed by atoms with E-state index in [0.717, 1.165) is 14.3 Å². The monoisotopic (exact) mass is 533 g/mol. The zero-order valence-corrected chi connectivity index (χ0v) is 20.8. The van der Waals surface area contributed by atoms with Crippen LogP contribution in [-0.2, 0) is 14.8 Å². The Hall–Kier alpha value is -3.11. The van der Waals surface area contributed by atoms with Crippen LogP contribution in [0.1, 0.15) is 24.0 Å². The molecule has 1 amide bonds. The van der Waals surface area contributed by atoms with Gasteiger partial charge in [0, 0.05) is 6.07 Å². The number of carbonyl (C=O) groups is 1. The highest BCUT2D eigenvalue weighted by Crippen LogP contribution is 2.25. The maximum atomic E-state index is 13.4. The molecule has 3 rings (SSSR count). The molecule has 0 atom stereocenters. The van der Waals surface area contributed by atoms with E-state index in [2.05, 4.69) is 26.5 Å². The molecule has 3 aromatic rings. The summed E-state index contributed by atoms with van der Waals surface area (Å²) in [6.45, 7) is 5.53. The molecule has 1 N–H and O–H groups in total. The van der Waals surface area contributed by atoms with Gasteiger partial charge in [-0.1, -0.05) is 17.7 Å². The molecule has 0 aliphatic rings. The lowest BCUT2D eigenvalue weighted by atomic mass is 10.2. The van der Waals surface area contributed by atoms with Crippen molar-refractivity contribution < 1.29 is 22.4 Å². The summed E-state index contributed by atoms with van der Waals surface area (Å²) in [4.78, 5) is 12.6. The number of carbonyl (C=O) groups excluding carboxylic acids is 1. The molecule has 0 saturated heterocycles. The van der Waals surface area contributed by atoms with Crippen molar-refractivity contribution >= 4 is 43.8 Å². The molecule has 10 heteroatoms. The van der Waals surface area contributed by atoms with Gasteiger partial charge < -0.3 is 9.15 Å². The van der Waals surface area contributed by atoms with Gasteiger partial charge in [-0.15, -0.1) is 0 Å². The van der Waals surface area contributed by atoms with Crippen LogP contribution in [-0.4, -0.2) is 33.7 Å². The SMILES string of the molecule is CCOc1ccc(S(=O)(=O)N(CC(=O)N/N=C\c2cc(Br)c(C)o2)c2ccc(C)cc2)cc1. The lowest BCUT2D eigenvalue weighted by Gasteiger charge is -2.24. The molecule has 1 aromatic heterocycles. The average Bonchev–Trinajstić information content (AvgIpc) is 3.10. The van der Waals surface area contributed by atoms with Gasteiger partial charge in [0.1, 0.15) is 23.8 Å². The first kappa shape index (κ1) is 24.5. The van der Waals surface area contributed by atoms with Crippen molar-refractivity contribution in [3.05, 3.63) is 76.2 Å². The highest BCUT2D eigenvalue weighted by atomic mass is 79.9. The molecule has 0 radical (unpaired) electrons. The Bertz CT molecular complexity index is 1220. The van der Waals surface area contributed by atoms with Gasteiger partial charge in [-0.3, -0.25) is 9.10 Å². The van der Waals surface area contributed by atoms with Gasteiger partial charge in [0.05, 0.1) is 27.9 Å². The standard InChI is InChI=1S/C23H24BrN3O5S/c1-4-31-19-9-11-21(12-10-19)33(29,30)27(18-7-5-16(2)6-8-18)15-23(28)26-25-14-20-13-22(24)17(3)32-20/h5-14H,4,15H2,1-3H3,(H,26,28)/b25-14-. The Morgan fingerprint density at radius 1 is 1.15 bits per heavy atom. The topological polar surface area (TPSA) is 101 Å². The summed E-state index contributed by atoms with van der Waals surface area (Å²) >= 11 is 3.33. The second kappa shape index (κ2) is 10.7. The summed E-state index contributed by atoms with van der Waals surface area (Å²) in [5, 5.41) is 3.87. The Balaban J connectivity index is 1.83. The van der Waals surface area contributed by atoms with E-state index < -0.39 is 22.5 Å². The number of anilines is 1. The Kier molecular flexibility index (Phi) is 7.93. The van der Waals surface area contributed by atoms with E-state index in [9.17, 15) is 13.2 Å². The fourth-order valence-corrected chi connectivity index (χ4v) is 4.63. The minimum absolute atomic E-state index is 0.0405. The molecule has 1 heterocycles. The first-order valence-corrected chi connectivity index (χ1v) is 12.3. The van der Waals surface area contributed by atoms with Crippen LogP contribution in [0.15, 0.2) is 73.5 Å². The lowest BCUT2D eigenvalue weighted by Crippen LogP contribution is -2.39. The van der Waals surface area contributed by atoms with Crippen molar-refractivity contribution in [2.45, 2.75) is 25.7 Å².